The van der Waals surface area contributed by atoms with Gasteiger partial charge in [0.15, 0.2) is 0 Å². The molecule has 2 amide bonds. The molecule has 0 aromatic heterocycles. The number of hydrogen-bond donors (Lipinski definition) is 1. The number of benzene rings is 1. The van der Waals surface area contributed by atoms with Crippen LogP contribution in [0.15, 0.2) is 29.2 Å². The third-order valence-electron chi connectivity index (χ3n) is 4.07. The largest absolute Gasteiger partial charge is 0.446 e. The highest BCUT2D eigenvalue weighted by molar-refractivity contribution is 8.00. The number of nitrogens with zero attached hydrogens (tertiary/aromatic N) is 1. The second kappa shape index (κ2) is 6.66. The standard InChI is InChI=1S/C16H17F3N2O2S/c17-16(18,19)24-12-7-3-10(4-8-12)15(23)21-9-1-2-13(21)14(22)20-11-5-6-11/h3-4,7-8,11,13H,1-2,5-6,9H2,(H,20,22)/t13-/m1/s1. The smallest absolute Gasteiger partial charge is 0.352 e. The average Bonchev–Trinajstić information content (AvgIpc) is 3.18. The Labute approximate surface area is 141 Å². The number of alkyl halides is 3. The Morgan fingerprint density at radius 2 is 1.79 bits per heavy atom. The van der Waals surface area contributed by atoms with Crippen LogP contribution in [-0.4, -0.2) is 40.9 Å². The van der Waals surface area contributed by atoms with Crippen LogP contribution in [0.2, 0.25) is 0 Å². The number of rotatable bonds is 4. The number of likely N-dealkylation sites (tertiary alicyclic amines) is 1. The Morgan fingerprint density at radius 3 is 2.38 bits per heavy atom. The van der Waals surface area contributed by atoms with Crippen molar-refractivity contribution in [1.29, 1.82) is 0 Å². The summed E-state index contributed by atoms with van der Waals surface area (Å²) >= 11 is -0.216. The summed E-state index contributed by atoms with van der Waals surface area (Å²) in [5, 5.41) is 2.91. The third kappa shape index (κ3) is 4.23. The first-order valence-corrected chi connectivity index (χ1v) is 8.62. The molecule has 1 aliphatic heterocycles. The fourth-order valence-electron chi connectivity index (χ4n) is 2.77. The van der Waals surface area contributed by atoms with Gasteiger partial charge in [0.05, 0.1) is 0 Å². The van der Waals surface area contributed by atoms with Crippen LogP contribution in [0.5, 0.6) is 0 Å². The minimum atomic E-state index is -4.35. The highest BCUT2D eigenvalue weighted by atomic mass is 32.2. The Bertz CT molecular complexity index is 629. The van der Waals surface area contributed by atoms with Crippen molar-refractivity contribution in [3.05, 3.63) is 29.8 Å². The number of carbonyl (C=O) groups is 2. The van der Waals surface area contributed by atoms with Crippen molar-refractivity contribution in [2.75, 3.05) is 6.54 Å². The highest BCUT2D eigenvalue weighted by Crippen LogP contribution is 2.36. The first kappa shape index (κ1) is 17.1. The number of halogens is 3. The molecule has 0 spiro atoms. The molecule has 0 radical (unpaired) electrons. The quantitative estimate of drug-likeness (QED) is 0.841. The Kier molecular flexibility index (Phi) is 4.76. The van der Waals surface area contributed by atoms with Crippen LogP contribution < -0.4 is 5.32 Å². The lowest BCUT2D eigenvalue weighted by Crippen LogP contribution is -2.46. The first-order valence-electron chi connectivity index (χ1n) is 7.80. The summed E-state index contributed by atoms with van der Waals surface area (Å²) in [4.78, 5) is 26.3. The van der Waals surface area contributed by atoms with Crippen LogP contribution in [0, 0.1) is 0 Å². The zero-order valence-electron chi connectivity index (χ0n) is 12.8. The van der Waals surface area contributed by atoms with Gasteiger partial charge in [0, 0.05) is 23.0 Å². The van der Waals surface area contributed by atoms with E-state index >= 15 is 0 Å². The van der Waals surface area contributed by atoms with Crippen molar-refractivity contribution in [3.8, 4) is 0 Å². The van der Waals surface area contributed by atoms with Crippen LogP contribution >= 0.6 is 11.8 Å². The maximum Gasteiger partial charge on any atom is 0.446 e. The van der Waals surface area contributed by atoms with Crippen molar-refractivity contribution >= 4 is 23.6 Å². The molecule has 3 rings (SSSR count). The molecule has 1 aromatic carbocycles. The molecule has 130 valence electrons. The molecule has 1 N–H and O–H groups in total. The highest BCUT2D eigenvalue weighted by Gasteiger charge is 2.37. The summed E-state index contributed by atoms with van der Waals surface area (Å²) in [6.45, 7) is 0.487. The van der Waals surface area contributed by atoms with Crippen LogP contribution in [0.4, 0.5) is 13.2 Å². The number of nitrogens with one attached hydrogen (secondary N) is 1. The molecule has 2 aliphatic rings. The predicted octanol–water partition coefficient (Wildman–Crippen LogP) is 3.18. The summed E-state index contributed by atoms with van der Waals surface area (Å²) in [6, 6.07) is 5.06. The molecule has 24 heavy (non-hydrogen) atoms. The number of hydrogen-bond acceptors (Lipinski definition) is 3. The molecule has 1 atom stereocenters. The van der Waals surface area contributed by atoms with Gasteiger partial charge in [-0.1, -0.05) is 0 Å². The van der Waals surface area contributed by atoms with Gasteiger partial charge in [0.25, 0.3) is 5.91 Å². The lowest BCUT2D eigenvalue weighted by molar-refractivity contribution is -0.125. The van der Waals surface area contributed by atoms with E-state index in [-0.39, 0.29) is 34.5 Å². The Hall–Kier alpha value is -1.70. The van der Waals surface area contributed by atoms with E-state index in [9.17, 15) is 22.8 Å². The summed E-state index contributed by atoms with van der Waals surface area (Å²) in [7, 11) is 0. The van der Waals surface area contributed by atoms with Crippen molar-refractivity contribution in [3.63, 3.8) is 0 Å². The van der Waals surface area contributed by atoms with Gasteiger partial charge >= 0.3 is 5.51 Å². The maximum atomic E-state index is 12.6. The normalized spacial score (nSPS) is 21.0. The topological polar surface area (TPSA) is 49.4 Å². The van der Waals surface area contributed by atoms with Gasteiger partial charge in [0.2, 0.25) is 5.91 Å². The van der Waals surface area contributed by atoms with Crippen LogP contribution in [0.1, 0.15) is 36.0 Å². The fourth-order valence-corrected chi connectivity index (χ4v) is 3.31. The fraction of sp³-hybridized carbons (Fsp3) is 0.500. The van der Waals surface area contributed by atoms with Crippen molar-refractivity contribution < 1.29 is 22.8 Å². The molecule has 1 aromatic rings. The number of amides is 2. The Balaban J connectivity index is 1.67. The van der Waals surface area contributed by atoms with Crippen molar-refractivity contribution in [2.24, 2.45) is 0 Å². The van der Waals surface area contributed by atoms with Crippen molar-refractivity contribution in [1.82, 2.24) is 10.2 Å². The zero-order valence-corrected chi connectivity index (χ0v) is 13.6. The molecule has 1 aliphatic carbocycles. The van der Waals surface area contributed by atoms with Gasteiger partial charge in [-0.05, 0) is 61.7 Å². The number of carbonyl (C=O) groups excluding carboxylic acids is 2. The first-order chi connectivity index (χ1) is 11.3. The second-order valence-electron chi connectivity index (χ2n) is 6.01. The molecule has 0 bridgehead atoms. The van der Waals surface area contributed by atoms with E-state index in [4.69, 9.17) is 0 Å². The molecular formula is C16H17F3N2O2S. The van der Waals surface area contributed by atoms with Gasteiger partial charge in [0.1, 0.15) is 6.04 Å². The van der Waals surface area contributed by atoms with Crippen molar-refractivity contribution in [2.45, 2.75) is 48.2 Å². The maximum absolute atomic E-state index is 12.6. The van der Waals surface area contributed by atoms with E-state index in [0.717, 1.165) is 19.3 Å². The molecule has 1 saturated heterocycles. The third-order valence-corrected chi connectivity index (χ3v) is 4.81. The summed E-state index contributed by atoms with van der Waals surface area (Å²) in [5.41, 5.74) is -4.06. The molecule has 0 unspecified atom stereocenters. The van der Waals surface area contributed by atoms with E-state index in [1.165, 1.54) is 29.2 Å². The predicted molar refractivity (Wildman–Crippen MR) is 83.6 cm³/mol. The number of thioether (sulfide) groups is 1. The van der Waals surface area contributed by atoms with E-state index < -0.39 is 11.6 Å². The molecule has 8 heteroatoms. The van der Waals surface area contributed by atoms with Gasteiger partial charge in [-0.3, -0.25) is 9.59 Å². The molecular weight excluding hydrogens is 341 g/mol. The van der Waals surface area contributed by atoms with E-state index in [2.05, 4.69) is 5.32 Å². The summed E-state index contributed by atoms with van der Waals surface area (Å²) < 4.78 is 37.0. The monoisotopic (exact) mass is 358 g/mol. The van der Waals surface area contributed by atoms with E-state index in [1.54, 1.807) is 0 Å². The zero-order chi connectivity index (χ0) is 17.3. The molecule has 2 fully saturated rings. The van der Waals surface area contributed by atoms with Gasteiger partial charge in [-0.25, -0.2) is 0 Å². The average molecular weight is 358 g/mol. The molecule has 4 nitrogen and oxygen atoms in total. The Morgan fingerprint density at radius 1 is 1.12 bits per heavy atom. The second-order valence-corrected chi connectivity index (χ2v) is 7.15. The summed E-state index contributed by atoms with van der Waals surface area (Å²) in [5.74, 6) is -0.445. The minimum absolute atomic E-state index is 0.0310. The van der Waals surface area contributed by atoms with Gasteiger partial charge in [-0.2, -0.15) is 13.2 Å². The molecule has 1 heterocycles. The lowest BCUT2D eigenvalue weighted by Gasteiger charge is -2.24. The SMILES string of the molecule is O=C(NC1CC1)[C@H]1CCCN1C(=O)c1ccc(SC(F)(F)F)cc1. The van der Waals surface area contributed by atoms with E-state index in [1.807, 2.05) is 0 Å². The van der Waals surface area contributed by atoms with E-state index in [0.29, 0.717) is 18.5 Å². The molecule has 1 saturated carbocycles. The van der Waals surface area contributed by atoms with Gasteiger partial charge < -0.3 is 10.2 Å². The minimum Gasteiger partial charge on any atom is -0.352 e. The van der Waals surface area contributed by atoms with Crippen LogP contribution in [0.25, 0.3) is 0 Å². The van der Waals surface area contributed by atoms with Gasteiger partial charge in [-0.15, -0.1) is 0 Å². The lowest BCUT2D eigenvalue weighted by atomic mass is 10.1. The summed E-state index contributed by atoms with van der Waals surface area (Å²) in [6.07, 6.45) is 3.32. The van der Waals surface area contributed by atoms with Crippen LogP contribution in [0.3, 0.4) is 0 Å². The van der Waals surface area contributed by atoms with Crippen LogP contribution in [-0.2, 0) is 4.79 Å².